The zero-order valence-corrected chi connectivity index (χ0v) is 7.74. The highest BCUT2D eigenvalue weighted by molar-refractivity contribution is 5.27. The molecule has 1 aromatic rings. The summed E-state index contributed by atoms with van der Waals surface area (Å²) in [6.45, 7) is 4.62. The van der Waals surface area contributed by atoms with Crippen LogP contribution in [0, 0.1) is 0 Å². The normalized spacial score (nSPS) is 25.5. The minimum absolute atomic E-state index is 0.681. The van der Waals surface area contributed by atoms with Gasteiger partial charge in [-0.2, -0.15) is 0 Å². The van der Waals surface area contributed by atoms with E-state index >= 15 is 0 Å². The van der Waals surface area contributed by atoms with Crippen LogP contribution in [0.5, 0.6) is 0 Å². The first kappa shape index (κ1) is 8.52. The van der Waals surface area contributed by atoms with E-state index < -0.39 is 0 Å². The smallest absolute Gasteiger partial charge is 0.0146 e. The van der Waals surface area contributed by atoms with E-state index in [0.29, 0.717) is 6.04 Å². The second kappa shape index (κ2) is 3.75. The van der Waals surface area contributed by atoms with Crippen LogP contribution in [0.2, 0.25) is 0 Å². The molecule has 1 aliphatic rings. The lowest BCUT2D eigenvalue weighted by atomic mass is 10.1. The van der Waals surface area contributed by atoms with Gasteiger partial charge in [0.2, 0.25) is 0 Å². The van der Waals surface area contributed by atoms with Gasteiger partial charge < -0.3 is 5.32 Å². The molecule has 1 saturated carbocycles. The Morgan fingerprint density at radius 3 is 2.85 bits per heavy atom. The minimum Gasteiger partial charge on any atom is -0.310 e. The standard InChI is InChI=1S/C12H15N/c1-2-8-13-12-9-11(12)10-6-4-3-5-7-10/h2-7,11-13H,1,8-9H2. The van der Waals surface area contributed by atoms with Crippen molar-refractivity contribution in [2.45, 2.75) is 18.4 Å². The van der Waals surface area contributed by atoms with Gasteiger partial charge >= 0.3 is 0 Å². The first-order chi connectivity index (χ1) is 6.42. The van der Waals surface area contributed by atoms with Crippen LogP contribution in [0.4, 0.5) is 0 Å². The average Bonchev–Trinajstić information content (AvgIpc) is 2.95. The van der Waals surface area contributed by atoms with E-state index in [1.54, 1.807) is 0 Å². The summed E-state index contributed by atoms with van der Waals surface area (Å²) in [4.78, 5) is 0. The molecule has 1 fully saturated rings. The minimum atomic E-state index is 0.681. The van der Waals surface area contributed by atoms with Gasteiger partial charge in [0.15, 0.2) is 0 Å². The van der Waals surface area contributed by atoms with Crippen LogP contribution >= 0.6 is 0 Å². The number of rotatable bonds is 4. The third-order valence-electron chi connectivity index (χ3n) is 2.54. The second-order valence-corrected chi connectivity index (χ2v) is 3.56. The third-order valence-corrected chi connectivity index (χ3v) is 2.54. The van der Waals surface area contributed by atoms with Gasteiger partial charge in [0.25, 0.3) is 0 Å². The van der Waals surface area contributed by atoms with Crippen molar-refractivity contribution in [2.24, 2.45) is 0 Å². The van der Waals surface area contributed by atoms with Crippen LogP contribution in [0.3, 0.4) is 0 Å². The van der Waals surface area contributed by atoms with E-state index in [2.05, 4.69) is 42.2 Å². The molecule has 0 heterocycles. The van der Waals surface area contributed by atoms with Crippen molar-refractivity contribution < 1.29 is 0 Å². The fraction of sp³-hybridized carbons (Fsp3) is 0.333. The van der Waals surface area contributed by atoms with Crippen molar-refractivity contribution in [3.63, 3.8) is 0 Å². The van der Waals surface area contributed by atoms with E-state index in [4.69, 9.17) is 0 Å². The molecule has 0 bridgehead atoms. The van der Waals surface area contributed by atoms with E-state index in [1.165, 1.54) is 12.0 Å². The fourth-order valence-electron chi connectivity index (χ4n) is 1.72. The molecule has 2 atom stereocenters. The predicted octanol–water partition coefficient (Wildman–Crippen LogP) is 2.32. The highest BCUT2D eigenvalue weighted by Gasteiger charge is 2.37. The molecule has 0 spiro atoms. The first-order valence-electron chi connectivity index (χ1n) is 4.81. The molecule has 0 saturated heterocycles. The van der Waals surface area contributed by atoms with Crippen molar-refractivity contribution in [3.8, 4) is 0 Å². The molecule has 1 N–H and O–H groups in total. The van der Waals surface area contributed by atoms with Gasteiger partial charge in [-0.1, -0.05) is 36.4 Å². The summed E-state index contributed by atoms with van der Waals surface area (Å²) in [5.41, 5.74) is 1.46. The summed E-state index contributed by atoms with van der Waals surface area (Å²) in [7, 11) is 0. The second-order valence-electron chi connectivity index (χ2n) is 3.56. The zero-order valence-electron chi connectivity index (χ0n) is 7.74. The van der Waals surface area contributed by atoms with Crippen molar-refractivity contribution >= 4 is 0 Å². The molecule has 0 radical (unpaired) electrons. The molecular weight excluding hydrogens is 158 g/mol. The molecular formula is C12H15N. The van der Waals surface area contributed by atoms with Crippen LogP contribution < -0.4 is 5.32 Å². The Labute approximate surface area is 79.5 Å². The number of hydrogen-bond donors (Lipinski definition) is 1. The topological polar surface area (TPSA) is 12.0 Å². The van der Waals surface area contributed by atoms with Crippen LogP contribution in [0.1, 0.15) is 17.9 Å². The van der Waals surface area contributed by atoms with E-state index in [-0.39, 0.29) is 0 Å². The molecule has 0 aliphatic heterocycles. The van der Waals surface area contributed by atoms with Gasteiger partial charge in [-0.15, -0.1) is 6.58 Å². The summed E-state index contributed by atoms with van der Waals surface area (Å²) < 4.78 is 0. The summed E-state index contributed by atoms with van der Waals surface area (Å²) in [5, 5.41) is 3.44. The maximum atomic E-state index is 3.70. The predicted molar refractivity (Wildman–Crippen MR) is 55.8 cm³/mol. The number of hydrogen-bond acceptors (Lipinski definition) is 1. The Bertz CT molecular complexity index is 278. The Hall–Kier alpha value is -1.08. The summed E-state index contributed by atoms with van der Waals surface area (Å²) in [6.07, 6.45) is 3.19. The van der Waals surface area contributed by atoms with Gasteiger partial charge in [0.1, 0.15) is 0 Å². The van der Waals surface area contributed by atoms with Crippen molar-refractivity contribution in [1.29, 1.82) is 0 Å². The molecule has 1 aromatic carbocycles. The summed E-state index contributed by atoms with van der Waals surface area (Å²) in [5.74, 6) is 0.737. The summed E-state index contributed by atoms with van der Waals surface area (Å²) in [6, 6.07) is 11.4. The highest BCUT2D eigenvalue weighted by atomic mass is 15.0. The maximum absolute atomic E-state index is 3.70. The molecule has 0 amide bonds. The average molecular weight is 173 g/mol. The van der Waals surface area contributed by atoms with E-state index in [1.807, 2.05) is 6.08 Å². The lowest BCUT2D eigenvalue weighted by Gasteiger charge is -2.00. The van der Waals surface area contributed by atoms with E-state index in [9.17, 15) is 0 Å². The number of benzene rings is 1. The first-order valence-corrected chi connectivity index (χ1v) is 4.81. The Balaban J connectivity index is 1.89. The number of nitrogens with one attached hydrogen (secondary N) is 1. The van der Waals surface area contributed by atoms with Gasteiger partial charge in [0, 0.05) is 18.5 Å². The SMILES string of the molecule is C=CCNC1CC1c1ccccc1. The van der Waals surface area contributed by atoms with Crippen LogP contribution in [-0.2, 0) is 0 Å². The Morgan fingerprint density at radius 2 is 2.15 bits per heavy atom. The Morgan fingerprint density at radius 1 is 1.38 bits per heavy atom. The largest absolute Gasteiger partial charge is 0.310 e. The molecule has 1 aliphatic carbocycles. The van der Waals surface area contributed by atoms with Crippen LogP contribution in [-0.4, -0.2) is 12.6 Å². The molecule has 1 heteroatoms. The lowest BCUT2D eigenvalue weighted by Crippen LogP contribution is -2.17. The van der Waals surface area contributed by atoms with Crippen molar-refractivity contribution in [1.82, 2.24) is 5.32 Å². The van der Waals surface area contributed by atoms with Crippen molar-refractivity contribution in [3.05, 3.63) is 48.6 Å². The third kappa shape index (κ3) is 1.99. The lowest BCUT2D eigenvalue weighted by molar-refractivity contribution is 0.733. The van der Waals surface area contributed by atoms with Gasteiger partial charge in [-0.25, -0.2) is 0 Å². The van der Waals surface area contributed by atoms with Crippen LogP contribution in [0.15, 0.2) is 43.0 Å². The van der Waals surface area contributed by atoms with Crippen LogP contribution in [0.25, 0.3) is 0 Å². The van der Waals surface area contributed by atoms with Gasteiger partial charge in [-0.3, -0.25) is 0 Å². The molecule has 1 nitrogen and oxygen atoms in total. The fourth-order valence-corrected chi connectivity index (χ4v) is 1.72. The van der Waals surface area contributed by atoms with Gasteiger partial charge in [0.05, 0.1) is 0 Å². The molecule has 2 rings (SSSR count). The zero-order chi connectivity index (χ0) is 9.10. The van der Waals surface area contributed by atoms with Crippen molar-refractivity contribution in [2.75, 3.05) is 6.54 Å². The monoisotopic (exact) mass is 173 g/mol. The highest BCUT2D eigenvalue weighted by Crippen LogP contribution is 2.40. The molecule has 2 unspecified atom stereocenters. The maximum Gasteiger partial charge on any atom is 0.0146 e. The Kier molecular flexibility index (Phi) is 2.46. The molecule has 0 aromatic heterocycles. The summed E-state index contributed by atoms with van der Waals surface area (Å²) >= 11 is 0. The van der Waals surface area contributed by atoms with Gasteiger partial charge in [-0.05, 0) is 12.0 Å². The van der Waals surface area contributed by atoms with E-state index in [0.717, 1.165) is 12.5 Å². The molecule has 13 heavy (non-hydrogen) atoms. The quantitative estimate of drug-likeness (QED) is 0.689. The molecule has 68 valence electrons.